The Morgan fingerprint density at radius 2 is 1.94 bits per heavy atom. The Kier molecular flexibility index (Phi) is 4.07. The molecule has 1 aromatic rings. The molecule has 1 rings (SSSR count). The third kappa shape index (κ3) is 2.87. The summed E-state index contributed by atoms with van der Waals surface area (Å²) in [5, 5.41) is 22.3. The van der Waals surface area contributed by atoms with Crippen LogP contribution < -0.4 is 11.6 Å². The van der Waals surface area contributed by atoms with Crippen LogP contribution in [0.5, 0.6) is 0 Å². The molecule has 0 fully saturated rings. The van der Waals surface area contributed by atoms with Gasteiger partial charge in [0, 0.05) is 6.07 Å². The van der Waals surface area contributed by atoms with Gasteiger partial charge in [-0.2, -0.15) is 0 Å². The van der Waals surface area contributed by atoms with Gasteiger partial charge in [-0.1, -0.05) is 6.07 Å². The third-order valence-electron chi connectivity index (χ3n) is 2.10. The first-order valence-electron chi connectivity index (χ1n) is 4.57. The lowest BCUT2D eigenvalue weighted by atomic mass is 10.1. The lowest BCUT2D eigenvalue weighted by molar-refractivity contribution is -0.423. The first-order valence-corrected chi connectivity index (χ1v) is 4.97. The zero-order chi connectivity index (χ0) is 13.9. The van der Waals surface area contributed by atoms with E-state index in [9.17, 15) is 20.2 Å². The Morgan fingerprint density at radius 3 is 2.39 bits per heavy atom. The monoisotopic (exact) mass is 271 g/mol. The van der Waals surface area contributed by atoms with Crippen molar-refractivity contribution >= 4 is 28.7 Å². The molecule has 10 heteroatoms. The van der Waals surface area contributed by atoms with Crippen LogP contribution in [0.1, 0.15) is 5.56 Å². The maximum Gasteiger partial charge on any atom is 0.351 e. The van der Waals surface area contributed by atoms with Crippen molar-refractivity contribution in [3.8, 4) is 0 Å². The van der Waals surface area contributed by atoms with Gasteiger partial charge >= 0.3 is 11.4 Å². The second-order valence-corrected chi connectivity index (χ2v) is 3.68. The molecule has 0 saturated carbocycles. The van der Waals surface area contributed by atoms with Crippen LogP contribution >= 0.6 is 12.2 Å². The molecule has 0 bridgehead atoms. The molecule has 0 amide bonds. The predicted molar refractivity (Wildman–Crippen MR) is 66.3 cm³/mol. The summed E-state index contributed by atoms with van der Waals surface area (Å²) in [6.07, 6.45) is 0. The first kappa shape index (κ1) is 13.7. The average molecular weight is 271 g/mol. The molecule has 0 heterocycles. The van der Waals surface area contributed by atoms with Crippen molar-refractivity contribution < 1.29 is 9.85 Å². The normalized spacial score (nSPS) is 9.83. The number of para-hydroxylation sites is 1. The van der Waals surface area contributed by atoms with E-state index in [1.807, 2.05) is 0 Å². The van der Waals surface area contributed by atoms with Crippen LogP contribution in [0.4, 0.5) is 11.4 Å². The summed E-state index contributed by atoms with van der Waals surface area (Å²) in [7, 11) is 0. The summed E-state index contributed by atoms with van der Waals surface area (Å²) in [5.41, 5.74) is 4.08. The summed E-state index contributed by atoms with van der Waals surface area (Å²) in [4.78, 5) is 19.9. The molecule has 0 spiro atoms. The van der Waals surface area contributed by atoms with Gasteiger partial charge in [-0.05, 0) is 18.3 Å². The van der Waals surface area contributed by atoms with Crippen molar-refractivity contribution in [2.24, 2.45) is 11.6 Å². The maximum absolute atomic E-state index is 10.9. The Hall–Kier alpha value is -2.33. The minimum atomic E-state index is -0.832. The van der Waals surface area contributed by atoms with E-state index in [0.717, 1.165) is 11.1 Å². The van der Waals surface area contributed by atoms with Crippen molar-refractivity contribution in [2.45, 2.75) is 6.54 Å². The molecule has 0 unspecified atom stereocenters. The van der Waals surface area contributed by atoms with Crippen LogP contribution in [-0.2, 0) is 6.54 Å². The molecule has 9 nitrogen and oxygen atoms in total. The van der Waals surface area contributed by atoms with Crippen LogP contribution in [0.15, 0.2) is 18.2 Å². The summed E-state index contributed by atoms with van der Waals surface area (Å²) >= 11 is 4.59. The molecule has 0 aliphatic rings. The number of nitrogens with zero attached hydrogens (tertiary/aromatic N) is 3. The van der Waals surface area contributed by atoms with Crippen molar-refractivity contribution in [2.75, 3.05) is 0 Å². The average Bonchev–Trinajstić information content (AvgIpc) is 2.27. The molecule has 1 aromatic carbocycles. The Balaban J connectivity index is 3.27. The number of nitro groups is 2. The first-order chi connectivity index (χ1) is 8.34. The van der Waals surface area contributed by atoms with Gasteiger partial charge in [0.25, 0.3) is 0 Å². The lowest BCUT2D eigenvalue weighted by Crippen LogP contribution is -2.40. The number of benzene rings is 1. The fourth-order valence-corrected chi connectivity index (χ4v) is 1.39. The highest BCUT2D eigenvalue weighted by molar-refractivity contribution is 7.80. The zero-order valence-electron chi connectivity index (χ0n) is 8.98. The summed E-state index contributed by atoms with van der Waals surface area (Å²) in [6.45, 7) is -0.187. The van der Waals surface area contributed by atoms with Gasteiger partial charge in [-0.25, -0.2) is 5.84 Å². The Bertz CT molecular complexity index is 520. The SMILES string of the molecule is NC(=S)N(N)Cc1cccc([N+](=O)[O-])c1[N+](=O)[O-]. The number of nitrogens with two attached hydrogens (primary N) is 2. The molecule has 0 aliphatic heterocycles. The van der Waals surface area contributed by atoms with Gasteiger partial charge in [-0.3, -0.25) is 25.2 Å². The second kappa shape index (κ2) is 5.33. The number of hydrogen-bond donors (Lipinski definition) is 2. The molecule has 18 heavy (non-hydrogen) atoms. The van der Waals surface area contributed by atoms with Crippen molar-refractivity contribution in [3.63, 3.8) is 0 Å². The zero-order valence-corrected chi connectivity index (χ0v) is 9.79. The van der Waals surface area contributed by atoms with E-state index in [1.165, 1.54) is 12.1 Å². The van der Waals surface area contributed by atoms with Gasteiger partial charge in [0.2, 0.25) is 0 Å². The molecule has 0 atom stereocenters. The van der Waals surface area contributed by atoms with Crippen molar-refractivity contribution in [1.29, 1.82) is 0 Å². The number of nitro benzene ring substituents is 2. The number of thiocarbonyl (C=S) groups is 1. The summed E-state index contributed by atoms with van der Waals surface area (Å²) in [5.74, 6) is 5.42. The van der Waals surface area contributed by atoms with E-state index >= 15 is 0 Å². The maximum atomic E-state index is 10.9. The quantitative estimate of drug-likeness (QED) is 0.347. The number of hydrogen-bond acceptors (Lipinski definition) is 6. The number of hydrazine groups is 1. The minimum absolute atomic E-state index is 0.0597. The van der Waals surface area contributed by atoms with E-state index in [1.54, 1.807) is 0 Å². The van der Waals surface area contributed by atoms with Crippen LogP contribution in [-0.4, -0.2) is 20.0 Å². The molecule has 0 saturated heterocycles. The van der Waals surface area contributed by atoms with Gasteiger partial charge in [0.1, 0.15) is 0 Å². The molecule has 0 aromatic heterocycles. The smallest absolute Gasteiger partial charge is 0.351 e. The van der Waals surface area contributed by atoms with Crippen LogP contribution in [0.2, 0.25) is 0 Å². The molecule has 96 valence electrons. The van der Waals surface area contributed by atoms with Gasteiger partial charge < -0.3 is 5.73 Å². The van der Waals surface area contributed by atoms with Crippen LogP contribution in [0.25, 0.3) is 0 Å². The summed E-state index contributed by atoms with van der Waals surface area (Å²) < 4.78 is 0. The molecular formula is C8H9N5O4S. The van der Waals surface area contributed by atoms with Gasteiger partial charge in [0.05, 0.1) is 22.0 Å². The molecule has 4 N–H and O–H groups in total. The Labute approximate surface area is 106 Å². The van der Waals surface area contributed by atoms with E-state index in [4.69, 9.17) is 11.6 Å². The highest BCUT2D eigenvalue weighted by Gasteiger charge is 2.28. The van der Waals surface area contributed by atoms with E-state index in [0.29, 0.717) is 0 Å². The fourth-order valence-electron chi connectivity index (χ4n) is 1.32. The van der Waals surface area contributed by atoms with Gasteiger partial charge in [-0.15, -0.1) is 0 Å². The van der Waals surface area contributed by atoms with Crippen LogP contribution in [0.3, 0.4) is 0 Å². The van der Waals surface area contributed by atoms with Crippen molar-refractivity contribution in [3.05, 3.63) is 44.0 Å². The number of rotatable bonds is 4. The van der Waals surface area contributed by atoms with E-state index in [2.05, 4.69) is 12.2 Å². The fraction of sp³-hybridized carbons (Fsp3) is 0.125. The van der Waals surface area contributed by atoms with Gasteiger partial charge in [0.15, 0.2) is 5.11 Å². The molecule has 0 radical (unpaired) electrons. The molecular weight excluding hydrogens is 262 g/mol. The highest BCUT2D eigenvalue weighted by Crippen LogP contribution is 2.30. The standard InChI is InChI=1S/C8H9N5O4S/c9-8(18)11(10)4-5-2-1-3-6(12(14)15)7(5)13(16)17/h1-3H,4,10H2,(H2,9,18). The third-order valence-corrected chi connectivity index (χ3v) is 2.34. The van der Waals surface area contributed by atoms with Crippen molar-refractivity contribution in [1.82, 2.24) is 5.01 Å². The summed E-state index contributed by atoms with van der Waals surface area (Å²) in [6, 6.07) is 3.72. The largest absolute Gasteiger partial charge is 0.375 e. The minimum Gasteiger partial charge on any atom is -0.375 e. The topological polar surface area (TPSA) is 142 Å². The molecule has 0 aliphatic carbocycles. The highest BCUT2D eigenvalue weighted by atomic mass is 32.1. The second-order valence-electron chi connectivity index (χ2n) is 3.27. The predicted octanol–water partition coefficient (Wildman–Crippen LogP) is 0.422. The van der Waals surface area contributed by atoms with Crippen LogP contribution in [0, 0.1) is 20.2 Å². The van der Waals surface area contributed by atoms with E-state index in [-0.39, 0.29) is 17.2 Å². The van der Waals surface area contributed by atoms with E-state index < -0.39 is 21.2 Å². The lowest BCUT2D eigenvalue weighted by Gasteiger charge is -2.15. The Morgan fingerprint density at radius 1 is 1.33 bits per heavy atom.